The molecule has 2 atom stereocenters. The van der Waals surface area contributed by atoms with Crippen LogP contribution in [0, 0.1) is 5.92 Å². The Morgan fingerprint density at radius 1 is 0.966 bits per heavy atom. The first-order chi connectivity index (χ1) is 13.6. The SMILES string of the molecule is CC1NCCN(C(=O)C2CCN(C(=O)c3cccc4ccccc34)CC2)C1C.Cl. The first-order valence-electron chi connectivity index (χ1n) is 10.4. The van der Waals surface area contributed by atoms with Crippen LogP contribution in [0.1, 0.15) is 37.0 Å². The van der Waals surface area contributed by atoms with Crippen molar-refractivity contribution in [3.05, 3.63) is 48.0 Å². The molecule has 4 rings (SSSR count). The molecule has 1 N–H and O–H groups in total. The highest BCUT2D eigenvalue weighted by atomic mass is 35.5. The molecule has 2 aromatic rings. The van der Waals surface area contributed by atoms with Crippen molar-refractivity contribution in [3.8, 4) is 0 Å². The number of benzene rings is 2. The summed E-state index contributed by atoms with van der Waals surface area (Å²) in [6.45, 7) is 7.18. The fraction of sp³-hybridized carbons (Fsp3) is 0.478. The molecule has 2 aliphatic rings. The molecule has 0 saturated carbocycles. The van der Waals surface area contributed by atoms with Gasteiger partial charge in [0.2, 0.25) is 5.91 Å². The Balaban J connectivity index is 0.00000240. The van der Waals surface area contributed by atoms with Crippen LogP contribution in [0.5, 0.6) is 0 Å². The topological polar surface area (TPSA) is 52.7 Å². The summed E-state index contributed by atoms with van der Waals surface area (Å²) in [6.07, 6.45) is 1.50. The summed E-state index contributed by atoms with van der Waals surface area (Å²) in [5.41, 5.74) is 0.757. The summed E-state index contributed by atoms with van der Waals surface area (Å²) in [7, 11) is 0. The van der Waals surface area contributed by atoms with Crippen molar-refractivity contribution in [2.75, 3.05) is 26.2 Å². The number of likely N-dealkylation sites (tertiary alicyclic amines) is 1. The van der Waals surface area contributed by atoms with Gasteiger partial charge in [0.05, 0.1) is 0 Å². The number of amides is 2. The van der Waals surface area contributed by atoms with Gasteiger partial charge in [-0.2, -0.15) is 0 Å². The second-order valence-corrected chi connectivity index (χ2v) is 8.11. The normalized spacial score (nSPS) is 23.0. The van der Waals surface area contributed by atoms with E-state index in [0.717, 1.165) is 42.3 Å². The standard InChI is InChI=1S/C23H29N3O2.ClH/c1-16-17(2)26(15-12-24-16)22(27)19-10-13-25(14-11-19)23(28)21-9-5-7-18-6-3-4-8-20(18)21;/h3-9,16-17,19,24H,10-15H2,1-2H3;1H. The molecule has 2 amide bonds. The number of rotatable bonds is 2. The fourth-order valence-electron chi connectivity index (χ4n) is 4.51. The number of nitrogens with zero attached hydrogens (tertiary/aromatic N) is 2. The number of piperazine rings is 1. The molecule has 2 fully saturated rings. The van der Waals surface area contributed by atoms with E-state index in [1.165, 1.54) is 0 Å². The number of piperidine rings is 1. The van der Waals surface area contributed by atoms with Gasteiger partial charge in [-0.05, 0) is 43.5 Å². The minimum absolute atomic E-state index is 0. The lowest BCUT2D eigenvalue weighted by molar-refractivity contribution is -0.140. The number of halogens is 1. The highest BCUT2D eigenvalue weighted by molar-refractivity contribution is 6.07. The van der Waals surface area contributed by atoms with Crippen molar-refractivity contribution in [2.45, 2.75) is 38.8 Å². The monoisotopic (exact) mass is 415 g/mol. The van der Waals surface area contributed by atoms with E-state index >= 15 is 0 Å². The van der Waals surface area contributed by atoms with Crippen LogP contribution in [0.3, 0.4) is 0 Å². The Bertz CT molecular complexity index is 874. The van der Waals surface area contributed by atoms with Gasteiger partial charge in [-0.1, -0.05) is 36.4 Å². The predicted molar refractivity (Wildman–Crippen MR) is 118 cm³/mol. The van der Waals surface area contributed by atoms with Gasteiger partial charge >= 0.3 is 0 Å². The maximum Gasteiger partial charge on any atom is 0.254 e. The molecular formula is C23H30ClN3O2. The number of nitrogens with one attached hydrogen (secondary N) is 1. The fourth-order valence-corrected chi connectivity index (χ4v) is 4.51. The van der Waals surface area contributed by atoms with Crippen LogP contribution < -0.4 is 5.32 Å². The van der Waals surface area contributed by atoms with Crippen molar-refractivity contribution in [1.82, 2.24) is 15.1 Å². The van der Waals surface area contributed by atoms with E-state index in [-0.39, 0.29) is 36.2 Å². The van der Waals surface area contributed by atoms with Gasteiger partial charge in [0.25, 0.3) is 5.91 Å². The molecule has 0 bridgehead atoms. The Morgan fingerprint density at radius 3 is 2.41 bits per heavy atom. The van der Waals surface area contributed by atoms with Crippen LogP contribution in [0.2, 0.25) is 0 Å². The summed E-state index contributed by atoms with van der Waals surface area (Å²) in [4.78, 5) is 30.1. The van der Waals surface area contributed by atoms with E-state index in [1.807, 2.05) is 52.3 Å². The highest BCUT2D eigenvalue weighted by Crippen LogP contribution is 2.25. The molecule has 6 heteroatoms. The third kappa shape index (κ3) is 4.26. The van der Waals surface area contributed by atoms with Gasteiger partial charge in [0.1, 0.15) is 0 Å². The Kier molecular flexibility index (Phi) is 6.81. The number of fused-ring (bicyclic) bond motifs is 1. The molecule has 2 unspecified atom stereocenters. The van der Waals surface area contributed by atoms with Crippen LogP contribution >= 0.6 is 12.4 Å². The molecule has 0 spiro atoms. The third-order valence-corrected chi connectivity index (χ3v) is 6.47. The molecule has 29 heavy (non-hydrogen) atoms. The molecule has 0 aliphatic carbocycles. The summed E-state index contributed by atoms with van der Waals surface area (Å²) in [6, 6.07) is 14.4. The zero-order chi connectivity index (χ0) is 19.7. The van der Waals surface area contributed by atoms with E-state index in [9.17, 15) is 9.59 Å². The average molecular weight is 416 g/mol. The van der Waals surface area contributed by atoms with Gasteiger partial charge in [-0.25, -0.2) is 0 Å². The lowest BCUT2D eigenvalue weighted by atomic mass is 9.93. The molecule has 0 radical (unpaired) electrons. The maximum absolute atomic E-state index is 13.1. The lowest BCUT2D eigenvalue weighted by Gasteiger charge is -2.41. The number of hydrogen-bond acceptors (Lipinski definition) is 3. The number of hydrogen-bond donors (Lipinski definition) is 1. The maximum atomic E-state index is 13.1. The van der Waals surface area contributed by atoms with Gasteiger partial charge in [-0.3, -0.25) is 9.59 Å². The first kappa shape index (κ1) is 21.6. The molecule has 5 nitrogen and oxygen atoms in total. The summed E-state index contributed by atoms with van der Waals surface area (Å²) >= 11 is 0. The smallest absolute Gasteiger partial charge is 0.254 e. The molecule has 2 heterocycles. The Hall–Kier alpha value is -2.11. The Morgan fingerprint density at radius 2 is 1.66 bits per heavy atom. The minimum Gasteiger partial charge on any atom is -0.339 e. The quantitative estimate of drug-likeness (QED) is 0.818. The first-order valence-corrected chi connectivity index (χ1v) is 10.4. The van der Waals surface area contributed by atoms with Crippen LogP contribution in [-0.4, -0.2) is 59.9 Å². The van der Waals surface area contributed by atoms with Gasteiger partial charge in [0.15, 0.2) is 0 Å². The van der Waals surface area contributed by atoms with Gasteiger partial charge in [0, 0.05) is 49.7 Å². The highest BCUT2D eigenvalue weighted by Gasteiger charge is 2.35. The van der Waals surface area contributed by atoms with Crippen molar-refractivity contribution in [1.29, 1.82) is 0 Å². The number of carbonyl (C=O) groups is 2. The van der Waals surface area contributed by atoms with E-state index in [4.69, 9.17) is 0 Å². The molecule has 156 valence electrons. The zero-order valence-corrected chi connectivity index (χ0v) is 18.0. The molecule has 2 aliphatic heterocycles. The summed E-state index contributed by atoms with van der Waals surface area (Å²) in [5, 5.41) is 5.51. The second-order valence-electron chi connectivity index (χ2n) is 8.11. The molecule has 0 aromatic heterocycles. The second kappa shape index (κ2) is 9.14. The van der Waals surface area contributed by atoms with E-state index in [2.05, 4.69) is 19.2 Å². The third-order valence-electron chi connectivity index (χ3n) is 6.47. The average Bonchev–Trinajstić information content (AvgIpc) is 2.74. The largest absolute Gasteiger partial charge is 0.339 e. The molecular weight excluding hydrogens is 386 g/mol. The van der Waals surface area contributed by atoms with Crippen molar-refractivity contribution < 1.29 is 9.59 Å². The van der Waals surface area contributed by atoms with Crippen molar-refractivity contribution >= 4 is 35.0 Å². The lowest BCUT2D eigenvalue weighted by Crippen LogP contribution is -2.59. The minimum atomic E-state index is 0. The molecule has 2 aromatic carbocycles. The number of carbonyl (C=O) groups excluding carboxylic acids is 2. The Labute approximate surface area is 178 Å². The van der Waals surface area contributed by atoms with Crippen LogP contribution in [0.15, 0.2) is 42.5 Å². The van der Waals surface area contributed by atoms with Gasteiger partial charge in [-0.15, -0.1) is 12.4 Å². The van der Waals surface area contributed by atoms with Crippen LogP contribution in [0.4, 0.5) is 0 Å². The van der Waals surface area contributed by atoms with Crippen LogP contribution in [-0.2, 0) is 4.79 Å². The summed E-state index contributed by atoms with van der Waals surface area (Å²) < 4.78 is 0. The van der Waals surface area contributed by atoms with Crippen molar-refractivity contribution in [2.24, 2.45) is 5.92 Å². The zero-order valence-electron chi connectivity index (χ0n) is 17.1. The van der Waals surface area contributed by atoms with E-state index < -0.39 is 0 Å². The molecule has 2 saturated heterocycles. The predicted octanol–water partition coefficient (Wildman–Crippen LogP) is 3.32. The summed E-state index contributed by atoms with van der Waals surface area (Å²) in [5.74, 6) is 0.370. The van der Waals surface area contributed by atoms with Gasteiger partial charge < -0.3 is 15.1 Å². The van der Waals surface area contributed by atoms with E-state index in [1.54, 1.807) is 0 Å². The van der Waals surface area contributed by atoms with Crippen molar-refractivity contribution in [3.63, 3.8) is 0 Å². The van der Waals surface area contributed by atoms with E-state index in [0.29, 0.717) is 19.1 Å². The van der Waals surface area contributed by atoms with Crippen LogP contribution in [0.25, 0.3) is 10.8 Å².